The van der Waals surface area contributed by atoms with Crippen molar-refractivity contribution in [3.05, 3.63) is 80.5 Å². The number of aromatic hydroxyl groups is 2. The molecular formula is C28H38Cl2O2STi-2. The Morgan fingerprint density at radius 2 is 1.06 bits per heavy atom. The van der Waals surface area contributed by atoms with Crippen LogP contribution in [-0.2, 0) is 30.8 Å². The summed E-state index contributed by atoms with van der Waals surface area (Å²) in [5.74, 6) is 0.793. The summed E-state index contributed by atoms with van der Waals surface area (Å²) in [7, 11) is 0. The fraction of sp³-hybridized carbons (Fsp3) is 0.393. The van der Waals surface area contributed by atoms with Crippen LogP contribution in [0.15, 0.2) is 47.8 Å². The molecule has 0 fully saturated rings. The second kappa shape index (κ2) is 15.1. The van der Waals surface area contributed by atoms with Gasteiger partial charge in [-0.25, -0.2) is 0 Å². The monoisotopic (exact) mass is 556 g/mol. The largest absolute Gasteiger partial charge is 1.00 e. The Bertz CT molecular complexity index is 970. The average Bonchev–Trinajstić information content (AvgIpc) is 3.10. The Hall–Kier alpha value is -1.10. The summed E-state index contributed by atoms with van der Waals surface area (Å²) < 4.78 is 2.12. The SMILES string of the molecule is Cc1ccc(O)c(C(C)(C)C)c1.Cc1ccc(O)c(C(C)(C)C)c1.Cc1csc([CH]=[Ti])c1.[Cl-].[Cl-]. The molecule has 2 nitrogen and oxygen atoms in total. The van der Waals surface area contributed by atoms with E-state index in [0.717, 1.165) is 11.1 Å². The average molecular weight is 557 g/mol. The first-order valence-electron chi connectivity index (χ1n) is 10.8. The van der Waals surface area contributed by atoms with Gasteiger partial charge in [-0.15, -0.1) is 0 Å². The summed E-state index contributed by atoms with van der Waals surface area (Å²) in [6.07, 6.45) is 0. The van der Waals surface area contributed by atoms with E-state index in [-0.39, 0.29) is 35.6 Å². The van der Waals surface area contributed by atoms with Crippen LogP contribution in [0.1, 0.15) is 74.2 Å². The van der Waals surface area contributed by atoms with Crippen molar-refractivity contribution in [2.75, 3.05) is 0 Å². The van der Waals surface area contributed by atoms with E-state index in [2.05, 4.69) is 84.2 Å². The summed E-state index contributed by atoms with van der Waals surface area (Å²) in [5.41, 5.74) is 5.83. The summed E-state index contributed by atoms with van der Waals surface area (Å²) in [5, 5.41) is 21.3. The van der Waals surface area contributed by atoms with Crippen LogP contribution >= 0.6 is 11.3 Å². The predicted molar refractivity (Wildman–Crippen MR) is 137 cm³/mol. The van der Waals surface area contributed by atoms with Crippen molar-refractivity contribution in [1.82, 2.24) is 0 Å². The Morgan fingerprint density at radius 1 is 0.676 bits per heavy atom. The molecule has 0 amide bonds. The van der Waals surface area contributed by atoms with Gasteiger partial charge in [-0.1, -0.05) is 76.9 Å². The molecular weight excluding hydrogens is 519 g/mol. The van der Waals surface area contributed by atoms with Gasteiger partial charge in [0.25, 0.3) is 0 Å². The Kier molecular flexibility index (Phi) is 15.6. The van der Waals surface area contributed by atoms with Gasteiger partial charge < -0.3 is 35.0 Å². The minimum absolute atomic E-state index is 0. The molecule has 0 saturated carbocycles. The van der Waals surface area contributed by atoms with Gasteiger partial charge >= 0.3 is 64.4 Å². The van der Waals surface area contributed by atoms with Gasteiger partial charge in [0.05, 0.1) is 0 Å². The third-order valence-electron chi connectivity index (χ3n) is 4.81. The summed E-state index contributed by atoms with van der Waals surface area (Å²) in [4.78, 5) is 1.36. The second-order valence-corrected chi connectivity index (χ2v) is 11.6. The zero-order valence-corrected chi connectivity index (χ0v) is 25.6. The quantitative estimate of drug-likeness (QED) is 0.448. The number of phenolic OH excluding ortho intramolecular Hbond substituents is 2. The number of thiophene rings is 1. The summed E-state index contributed by atoms with van der Waals surface area (Å²) >= 11 is 3.85. The molecule has 0 atom stereocenters. The Balaban J connectivity index is 0. The van der Waals surface area contributed by atoms with Crippen molar-refractivity contribution in [1.29, 1.82) is 0 Å². The molecule has 2 N–H and O–H groups in total. The standard InChI is InChI=1S/2C11H16O.C6H6S.2ClH.Ti/c2*1-8-5-6-10(12)9(7-8)11(2,3)4;1-5-3-6(2)7-4-5;;;/h2*5-7,12H,1-4H3;2-4H,1H3;2*1H;/p-2. The molecule has 3 aromatic rings. The molecule has 1 aromatic heterocycles. The first-order chi connectivity index (χ1) is 14.6. The van der Waals surface area contributed by atoms with Crippen LogP contribution in [0.4, 0.5) is 0 Å². The molecule has 0 aliphatic rings. The Morgan fingerprint density at radius 3 is 1.26 bits per heavy atom. The van der Waals surface area contributed by atoms with E-state index in [4.69, 9.17) is 0 Å². The fourth-order valence-electron chi connectivity index (χ4n) is 3.03. The van der Waals surface area contributed by atoms with E-state index in [1.54, 1.807) is 23.5 Å². The molecule has 1 heterocycles. The maximum Gasteiger partial charge on any atom is -1.00 e. The number of hydrogen-bond donors (Lipinski definition) is 2. The van der Waals surface area contributed by atoms with E-state index in [1.165, 1.54) is 21.6 Å². The summed E-state index contributed by atoms with van der Waals surface area (Å²) in [6, 6.07) is 13.6. The minimum atomic E-state index is 0. The Labute approximate surface area is 234 Å². The van der Waals surface area contributed by atoms with Crippen LogP contribution in [0, 0.1) is 20.8 Å². The maximum absolute atomic E-state index is 9.57. The molecule has 0 saturated heterocycles. The molecule has 0 unspecified atom stereocenters. The third-order valence-corrected chi connectivity index (χ3v) is 6.62. The molecule has 34 heavy (non-hydrogen) atoms. The minimum Gasteiger partial charge on any atom is -1.00 e. The predicted octanol–water partition coefficient (Wildman–Crippen LogP) is 1.76. The van der Waals surface area contributed by atoms with Crippen molar-refractivity contribution >= 4 is 15.7 Å². The second-order valence-electron chi connectivity index (χ2n) is 10.2. The van der Waals surface area contributed by atoms with Gasteiger partial charge in [-0.3, -0.25) is 0 Å². The van der Waals surface area contributed by atoms with Crippen LogP contribution in [-0.4, -0.2) is 14.5 Å². The fourth-order valence-corrected chi connectivity index (χ4v) is 4.19. The number of rotatable bonds is 1. The van der Waals surface area contributed by atoms with Gasteiger partial charge in [0.2, 0.25) is 0 Å². The van der Waals surface area contributed by atoms with E-state index in [1.807, 2.05) is 38.1 Å². The first kappa shape index (κ1) is 35.1. The van der Waals surface area contributed by atoms with Crippen LogP contribution in [0.3, 0.4) is 0 Å². The van der Waals surface area contributed by atoms with Crippen LogP contribution in [0.25, 0.3) is 0 Å². The molecule has 0 aliphatic heterocycles. The van der Waals surface area contributed by atoms with Gasteiger partial charge in [0, 0.05) is 0 Å². The number of halogens is 2. The number of aryl methyl sites for hydroxylation is 3. The van der Waals surface area contributed by atoms with E-state index in [0.29, 0.717) is 11.5 Å². The molecule has 0 bridgehead atoms. The van der Waals surface area contributed by atoms with Crippen molar-refractivity contribution in [3.63, 3.8) is 0 Å². The van der Waals surface area contributed by atoms with E-state index < -0.39 is 0 Å². The topological polar surface area (TPSA) is 40.5 Å². The molecule has 0 aliphatic carbocycles. The van der Waals surface area contributed by atoms with Gasteiger partial charge in [-0.2, -0.15) is 0 Å². The number of benzene rings is 2. The van der Waals surface area contributed by atoms with Crippen molar-refractivity contribution < 1.29 is 55.0 Å². The molecule has 3 rings (SSSR count). The molecule has 0 spiro atoms. The van der Waals surface area contributed by atoms with Crippen LogP contribution < -0.4 is 24.8 Å². The zero-order chi connectivity index (χ0) is 24.7. The van der Waals surface area contributed by atoms with Crippen LogP contribution in [0.2, 0.25) is 0 Å². The first-order valence-corrected chi connectivity index (χ1v) is 12.6. The number of phenols is 2. The van der Waals surface area contributed by atoms with E-state index >= 15 is 0 Å². The van der Waals surface area contributed by atoms with E-state index in [9.17, 15) is 10.2 Å². The molecule has 6 heteroatoms. The number of hydrogen-bond acceptors (Lipinski definition) is 3. The maximum atomic E-state index is 9.57. The van der Waals surface area contributed by atoms with Crippen molar-refractivity contribution in [2.45, 2.75) is 73.1 Å². The normalized spacial score (nSPS) is 10.4. The molecule has 2 aromatic carbocycles. The molecule has 188 valence electrons. The van der Waals surface area contributed by atoms with Crippen molar-refractivity contribution in [3.8, 4) is 11.5 Å². The zero-order valence-electron chi connectivity index (χ0n) is 21.8. The van der Waals surface area contributed by atoms with Crippen LogP contribution in [0.5, 0.6) is 11.5 Å². The molecule has 0 radical (unpaired) electrons. The van der Waals surface area contributed by atoms with Gasteiger partial charge in [-0.05, 0) is 47.9 Å². The van der Waals surface area contributed by atoms with Crippen molar-refractivity contribution in [2.24, 2.45) is 0 Å². The van der Waals surface area contributed by atoms with Gasteiger partial charge in [0.15, 0.2) is 0 Å². The summed E-state index contributed by atoms with van der Waals surface area (Å²) in [6.45, 7) is 18.8. The smallest absolute Gasteiger partial charge is 1.00 e. The van der Waals surface area contributed by atoms with Gasteiger partial charge in [0.1, 0.15) is 11.5 Å². The third kappa shape index (κ3) is 12.0.